The third-order valence-electron chi connectivity index (χ3n) is 4.86. The summed E-state index contributed by atoms with van der Waals surface area (Å²) >= 11 is 0. The van der Waals surface area contributed by atoms with Gasteiger partial charge in [-0.3, -0.25) is 4.79 Å². The van der Waals surface area contributed by atoms with E-state index in [2.05, 4.69) is 0 Å². The van der Waals surface area contributed by atoms with Crippen molar-refractivity contribution in [2.75, 3.05) is 13.2 Å². The third kappa shape index (κ3) is 3.90. The molecule has 2 fully saturated rings. The van der Waals surface area contributed by atoms with Crippen molar-refractivity contribution in [3.63, 3.8) is 0 Å². The lowest BCUT2D eigenvalue weighted by atomic mass is 9.78. The molecule has 3 nitrogen and oxygen atoms in total. The summed E-state index contributed by atoms with van der Waals surface area (Å²) < 4.78 is 39.4. The molecular formula is C15H24F3NO2. The molecule has 6 heteroatoms. The van der Waals surface area contributed by atoms with Gasteiger partial charge in [-0.25, -0.2) is 0 Å². The van der Waals surface area contributed by atoms with Crippen LogP contribution in [0.25, 0.3) is 0 Å². The smallest absolute Gasteiger partial charge is 0.392 e. The molecule has 0 aromatic heterocycles. The molecule has 2 aliphatic rings. The topological polar surface area (TPSA) is 40.5 Å². The standard InChI is InChI=1S/C15H24F3NO2/c16-15(17,18)13-8-2-1-7-12(13)14(21)19-9-3-5-11(19)6-4-10-20/h11-13,20H,1-10H2. The van der Waals surface area contributed by atoms with Gasteiger partial charge in [-0.15, -0.1) is 0 Å². The van der Waals surface area contributed by atoms with Crippen molar-refractivity contribution < 1.29 is 23.1 Å². The highest BCUT2D eigenvalue weighted by Gasteiger charge is 2.49. The van der Waals surface area contributed by atoms with Gasteiger partial charge in [-0.05, 0) is 38.5 Å². The van der Waals surface area contributed by atoms with Crippen molar-refractivity contribution in [2.24, 2.45) is 11.8 Å². The maximum atomic E-state index is 13.1. The molecule has 3 unspecified atom stereocenters. The first-order valence-electron chi connectivity index (χ1n) is 7.93. The molecule has 0 radical (unpaired) electrons. The number of aliphatic hydroxyl groups is 1. The molecule has 21 heavy (non-hydrogen) atoms. The highest BCUT2D eigenvalue weighted by Crippen LogP contribution is 2.43. The lowest BCUT2D eigenvalue weighted by Crippen LogP contribution is -2.46. The van der Waals surface area contributed by atoms with Gasteiger partial charge in [0.25, 0.3) is 0 Å². The third-order valence-corrected chi connectivity index (χ3v) is 4.86. The monoisotopic (exact) mass is 307 g/mol. The molecule has 0 aromatic rings. The summed E-state index contributed by atoms with van der Waals surface area (Å²) in [5.41, 5.74) is 0. The quantitative estimate of drug-likeness (QED) is 0.867. The summed E-state index contributed by atoms with van der Waals surface area (Å²) in [6.45, 7) is 0.628. The molecular weight excluding hydrogens is 283 g/mol. The van der Waals surface area contributed by atoms with Gasteiger partial charge in [0.1, 0.15) is 0 Å². The number of carbonyl (C=O) groups is 1. The zero-order valence-corrected chi connectivity index (χ0v) is 12.2. The molecule has 1 aliphatic carbocycles. The van der Waals surface area contributed by atoms with Crippen molar-refractivity contribution in [3.05, 3.63) is 0 Å². The molecule has 0 bridgehead atoms. The maximum absolute atomic E-state index is 13.1. The highest BCUT2D eigenvalue weighted by atomic mass is 19.4. The average molecular weight is 307 g/mol. The SMILES string of the molecule is O=C(C1CCCCC1C(F)(F)F)N1CCCC1CCCO. The summed E-state index contributed by atoms with van der Waals surface area (Å²) in [5.74, 6) is -2.68. The number of alkyl halides is 3. The minimum absolute atomic E-state index is 0.0143. The van der Waals surface area contributed by atoms with Crippen LogP contribution in [0.2, 0.25) is 0 Å². The second kappa shape index (κ2) is 6.99. The van der Waals surface area contributed by atoms with E-state index in [1.807, 2.05) is 0 Å². The number of amides is 1. The number of halogens is 3. The molecule has 1 saturated heterocycles. The number of nitrogens with zero attached hydrogens (tertiary/aromatic N) is 1. The van der Waals surface area contributed by atoms with Gasteiger partial charge >= 0.3 is 6.18 Å². The molecule has 0 aromatic carbocycles. The first-order valence-corrected chi connectivity index (χ1v) is 7.93. The Labute approximate surface area is 123 Å². The summed E-state index contributed by atoms with van der Waals surface area (Å²) in [6, 6.07) is 0.0143. The van der Waals surface area contributed by atoms with Crippen molar-refractivity contribution in [2.45, 2.75) is 63.6 Å². The number of hydrogen-bond acceptors (Lipinski definition) is 2. The average Bonchev–Trinajstić information content (AvgIpc) is 2.91. The Morgan fingerprint density at radius 1 is 1.14 bits per heavy atom. The molecule has 1 saturated carbocycles. The van der Waals surface area contributed by atoms with Gasteiger partial charge in [0.15, 0.2) is 0 Å². The predicted octanol–water partition coefficient (Wildman–Crippen LogP) is 3.12. The van der Waals surface area contributed by atoms with E-state index in [1.165, 1.54) is 0 Å². The predicted molar refractivity (Wildman–Crippen MR) is 72.6 cm³/mol. The van der Waals surface area contributed by atoms with Gasteiger partial charge in [0.2, 0.25) is 5.91 Å². The summed E-state index contributed by atoms with van der Waals surface area (Å²) in [4.78, 5) is 14.3. The number of carbonyl (C=O) groups excluding carboxylic acids is 1. The van der Waals surface area contributed by atoms with E-state index in [1.54, 1.807) is 4.90 Å². The minimum Gasteiger partial charge on any atom is -0.396 e. The normalized spacial score (nSPS) is 30.7. The van der Waals surface area contributed by atoms with E-state index in [4.69, 9.17) is 5.11 Å². The Morgan fingerprint density at radius 3 is 2.52 bits per heavy atom. The molecule has 0 spiro atoms. The highest BCUT2D eigenvalue weighted by molar-refractivity contribution is 5.80. The van der Waals surface area contributed by atoms with Crippen LogP contribution >= 0.6 is 0 Å². The van der Waals surface area contributed by atoms with E-state index in [0.29, 0.717) is 38.6 Å². The summed E-state index contributed by atoms with van der Waals surface area (Å²) in [6.07, 6.45) is 0.399. The second-order valence-electron chi connectivity index (χ2n) is 6.23. The van der Waals surface area contributed by atoms with Crippen LogP contribution in [0.15, 0.2) is 0 Å². The van der Waals surface area contributed by atoms with Gasteiger partial charge in [-0.1, -0.05) is 12.8 Å². The number of hydrogen-bond donors (Lipinski definition) is 1. The van der Waals surface area contributed by atoms with Crippen LogP contribution in [0.1, 0.15) is 51.4 Å². The van der Waals surface area contributed by atoms with Gasteiger partial charge in [0.05, 0.1) is 5.92 Å². The van der Waals surface area contributed by atoms with Gasteiger partial charge in [0, 0.05) is 25.1 Å². The second-order valence-corrected chi connectivity index (χ2v) is 6.23. The molecule has 3 atom stereocenters. The minimum atomic E-state index is -4.28. The van der Waals surface area contributed by atoms with Gasteiger partial charge < -0.3 is 10.0 Å². The molecule has 2 rings (SSSR count). The first-order chi connectivity index (χ1) is 9.95. The van der Waals surface area contributed by atoms with Crippen LogP contribution in [-0.2, 0) is 4.79 Å². The maximum Gasteiger partial charge on any atom is 0.392 e. The lowest BCUT2D eigenvalue weighted by molar-refractivity contribution is -0.201. The fourth-order valence-corrected chi connectivity index (χ4v) is 3.78. The van der Waals surface area contributed by atoms with E-state index in [-0.39, 0.29) is 25.0 Å². The zero-order valence-electron chi connectivity index (χ0n) is 12.2. The fourth-order valence-electron chi connectivity index (χ4n) is 3.78. The van der Waals surface area contributed by atoms with Crippen LogP contribution in [0, 0.1) is 11.8 Å². The van der Waals surface area contributed by atoms with Crippen LogP contribution < -0.4 is 0 Å². The van der Waals surface area contributed by atoms with Crippen LogP contribution in [0.5, 0.6) is 0 Å². The Kier molecular flexibility index (Phi) is 5.52. The number of aliphatic hydroxyl groups excluding tert-OH is 1. The lowest BCUT2D eigenvalue weighted by Gasteiger charge is -2.36. The van der Waals surface area contributed by atoms with Crippen LogP contribution in [0.4, 0.5) is 13.2 Å². The van der Waals surface area contributed by atoms with E-state index in [9.17, 15) is 18.0 Å². The zero-order chi connectivity index (χ0) is 15.5. The Balaban J connectivity index is 2.06. The Morgan fingerprint density at radius 2 is 1.86 bits per heavy atom. The Bertz CT molecular complexity index is 359. The number of likely N-dealkylation sites (tertiary alicyclic amines) is 1. The van der Waals surface area contributed by atoms with Gasteiger partial charge in [-0.2, -0.15) is 13.2 Å². The summed E-state index contributed by atoms with van der Waals surface area (Å²) in [7, 11) is 0. The van der Waals surface area contributed by atoms with Crippen molar-refractivity contribution in [1.29, 1.82) is 0 Å². The molecule has 1 aliphatic heterocycles. The Hall–Kier alpha value is -0.780. The molecule has 1 N–H and O–H groups in total. The van der Waals surface area contributed by atoms with E-state index < -0.39 is 18.0 Å². The fraction of sp³-hybridized carbons (Fsp3) is 0.933. The van der Waals surface area contributed by atoms with Crippen molar-refractivity contribution in [3.8, 4) is 0 Å². The molecule has 122 valence electrons. The van der Waals surface area contributed by atoms with Crippen molar-refractivity contribution >= 4 is 5.91 Å². The first kappa shape index (κ1) is 16.6. The van der Waals surface area contributed by atoms with Crippen molar-refractivity contribution in [1.82, 2.24) is 4.90 Å². The molecule has 1 heterocycles. The largest absolute Gasteiger partial charge is 0.396 e. The van der Waals surface area contributed by atoms with E-state index in [0.717, 1.165) is 12.8 Å². The van der Waals surface area contributed by atoms with Crippen LogP contribution in [-0.4, -0.2) is 41.3 Å². The molecule has 1 amide bonds. The van der Waals surface area contributed by atoms with Crippen LogP contribution in [0.3, 0.4) is 0 Å². The summed E-state index contributed by atoms with van der Waals surface area (Å²) in [5, 5.41) is 8.90. The number of rotatable bonds is 4. The van der Waals surface area contributed by atoms with E-state index >= 15 is 0 Å².